The molecule has 0 amide bonds. The van der Waals surface area contributed by atoms with E-state index in [1.807, 2.05) is 19.4 Å². The van der Waals surface area contributed by atoms with Gasteiger partial charge >= 0.3 is 0 Å². The molecule has 0 N–H and O–H groups in total. The molecule has 3 aliphatic rings. The van der Waals surface area contributed by atoms with Crippen molar-refractivity contribution in [2.24, 2.45) is 24.3 Å². The van der Waals surface area contributed by atoms with E-state index in [-0.39, 0.29) is 5.41 Å². The number of benzene rings is 1. The SMILES string of the molecule is CCCCCCOc1ccc2c(c1)CC[C@@H]1[C@@H]2CC[C@]2(C)C(=O)/C(=C/c3cnn(C)c3)C[C@@H]12. The molecule has 2 aromatic rings. The van der Waals surface area contributed by atoms with Crippen LogP contribution in [0.3, 0.4) is 0 Å². The number of hydrogen-bond donors (Lipinski definition) is 0. The minimum Gasteiger partial charge on any atom is -0.494 e. The number of ketones is 1. The summed E-state index contributed by atoms with van der Waals surface area (Å²) in [7, 11) is 1.92. The van der Waals surface area contributed by atoms with Crippen molar-refractivity contribution >= 4 is 11.9 Å². The molecular formula is C29H38N2O2. The van der Waals surface area contributed by atoms with Gasteiger partial charge in [0.2, 0.25) is 0 Å². The van der Waals surface area contributed by atoms with Crippen molar-refractivity contribution in [2.75, 3.05) is 6.61 Å². The first-order chi connectivity index (χ1) is 16.0. The molecular weight excluding hydrogens is 408 g/mol. The predicted molar refractivity (Wildman–Crippen MR) is 132 cm³/mol. The number of nitrogens with zero attached hydrogens (tertiary/aromatic N) is 2. The van der Waals surface area contributed by atoms with Crippen molar-refractivity contribution < 1.29 is 9.53 Å². The average Bonchev–Trinajstić information content (AvgIpc) is 3.34. The number of aromatic nitrogens is 2. The average molecular weight is 447 g/mol. The van der Waals surface area contributed by atoms with Crippen LogP contribution >= 0.6 is 0 Å². The highest BCUT2D eigenvalue weighted by atomic mass is 16.5. The second-order valence-corrected chi connectivity index (χ2v) is 10.8. The van der Waals surface area contributed by atoms with Crippen LogP contribution in [-0.2, 0) is 18.3 Å². The van der Waals surface area contributed by atoms with Gasteiger partial charge in [-0.3, -0.25) is 9.48 Å². The number of carbonyl (C=O) groups is 1. The van der Waals surface area contributed by atoms with Gasteiger partial charge in [-0.2, -0.15) is 5.10 Å². The summed E-state index contributed by atoms with van der Waals surface area (Å²) >= 11 is 0. The Kier molecular flexibility index (Phi) is 6.20. The summed E-state index contributed by atoms with van der Waals surface area (Å²) in [6.07, 6.45) is 16.2. The van der Waals surface area contributed by atoms with E-state index >= 15 is 0 Å². The second kappa shape index (κ2) is 9.12. The molecule has 176 valence electrons. The van der Waals surface area contributed by atoms with Gasteiger partial charge in [0.15, 0.2) is 5.78 Å². The number of carbonyl (C=O) groups excluding carboxylic acids is 1. The van der Waals surface area contributed by atoms with Crippen LogP contribution in [0.25, 0.3) is 6.08 Å². The quantitative estimate of drug-likeness (QED) is 0.360. The molecule has 0 radical (unpaired) electrons. The number of rotatable bonds is 7. The number of unbranched alkanes of at least 4 members (excludes halogenated alkanes) is 3. The van der Waals surface area contributed by atoms with Gasteiger partial charge < -0.3 is 4.74 Å². The molecule has 0 bridgehead atoms. The number of allylic oxidation sites excluding steroid dienone is 1. The molecule has 2 fully saturated rings. The second-order valence-electron chi connectivity index (χ2n) is 10.8. The van der Waals surface area contributed by atoms with Crippen LogP contribution in [0.2, 0.25) is 0 Å². The summed E-state index contributed by atoms with van der Waals surface area (Å²) in [4.78, 5) is 13.5. The number of ether oxygens (including phenoxy) is 1. The van der Waals surface area contributed by atoms with Crippen LogP contribution in [0, 0.1) is 17.3 Å². The monoisotopic (exact) mass is 446 g/mol. The lowest BCUT2D eigenvalue weighted by molar-refractivity contribution is -0.127. The van der Waals surface area contributed by atoms with E-state index in [0.717, 1.165) is 55.6 Å². The lowest BCUT2D eigenvalue weighted by atomic mass is 9.55. The van der Waals surface area contributed by atoms with Crippen molar-refractivity contribution in [3.8, 4) is 5.75 Å². The summed E-state index contributed by atoms with van der Waals surface area (Å²) in [5.74, 6) is 3.04. The Bertz CT molecular complexity index is 1050. The number of aryl methyl sites for hydroxylation is 2. The zero-order chi connectivity index (χ0) is 23.0. The molecule has 0 aliphatic heterocycles. The van der Waals surface area contributed by atoms with Crippen LogP contribution in [-0.4, -0.2) is 22.2 Å². The molecule has 0 saturated heterocycles. The zero-order valence-corrected chi connectivity index (χ0v) is 20.5. The number of hydrogen-bond acceptors (Lipinski definition) is 3. The lowest BCUT2D eigenvalue weighted by Crippen LogP contribution is -2.42. The Labute approximate surface area is 198 Å². The Morgan fingerprint density at radius 2 is 2.12 bits per heavy atom. The van der Waals surface area contributed by atoms with Crippen molar-refractivity contribution in [2.45, 2.75) is 77.6 Å². The van der Waals surface area contributed by atoms with Crippen LogP contribution < -0.4 is 4.74 Å². The van der Waals surface area contributed by atoms with E-state index in [4.69, 9.17) is 4.74 Å². The van der Waals surface area contributed by atoms with Crippen LogP contribution in [0.4, 0.5) is 0 Å². The fourth-order valence-corrected chi connectivity index (χ4v) is 6.88. The topological polar surface area (TPSA) is 44.1 Å². The summed E-state index contributed by atoms with van der Waals surface area (Å²) in [5.41, 5.74) is 4.84. The summed E-state index contributed by atoms with van der Waals surface area (Å²) in [5, 5.41) is 4.27. The molecule has 1 heterocycles. The molecule has 0 unspecified atom stereocenters. The summed E-state index contributed by atoms with van der Waals surface area (Å²) < 4.78 is 7.87. The van der Waals surface area contributed by atoms with E-state index < -0.39 is 0 Å². The molecule has 3 aliphatic carbocycles. The zero-order valence-electron chi connectivity index (χ0n) is 20.5. The third kappa shape index (κ3) is 4.18. The molecule has 1 aromatic carbocycles. The Morgan fingerprint density at radius 3 is 2.91 bits per heavy atom. The van der Waals surface area contributed by atoms with Crippen molar-refractivity contribution in [1.29, 1.82) is 0 Å². The molecule has 0 spiro atoms. The molecule has 5 rings (SSSR count). The molecule has 33 heavy (non-hydrogen) atoms. The van der Waals surface area contributed by atoms with Crippen LogP contribution in [0.1, 0.15) is 87.8 Å². The highest BCUT2D eigenvalue weighted by Crippen LogP contribution is 2.60. The van der Waals surface area contributed by atoms with Crippen molar-refractivity contribution in [3.63, 3.8) is 0 Å². The maximum absolute atomic E-state index is 13.5. The normalized spacial score (nSPS) is 29.6. The Balaban J connectivity index is 1.32. The fraction of sp³-hybridized carbons (Fsp3) is 0.586. The van der Waals surface area contributed by atoms with Crippen molar-refractivity contribution in [1.82, 2.24) is 9.78 Å². The Morgan fingerprint density at radius 1 is 1.24 bits per heavy atom. The van der Waals surface area contributed by atoms with Gasteiger partial charge in [0.25, 0.3) is 0 Å². The molecule has 4 atom stereocenters. The number of Topliss-reactive ketones (excluding diaryl/α,β-unsaturated/α-hetero) is 1. The fourth-order valence-electron chi connectivity index (χ4n) is 6.88. The third-order valence-electron chi connectivity index (χ3n) is 8.67. The van der Waals surface area contributed by atoms with Gasteiger partial charge in [0.05, 0.1) is 12.8 Å². The van der Waals surface area contributed by atoms with E-state index in [1.54, 1.807) is 4.68 Å². The van der Waals surface area contributed by atoms with E-state index in [0.29, 0.717) is 23.5 Å². The smallest absolute Gasteiger partial charge is 0.165 e. The Hall–Kier alpha value is -2.36. The highest BCUT2D eigenvalue weighted by Gasteiger charge is 2.56. The van der Waals surface area contributed by atoms with E-state index in [9.17, 15) is 4.79 Å². The van der Waals surface area contributed by atoms with Crippen LogP contribution in [0.5, 0.6) is 5.75 Å². The highest BCUT2D eigenvalue weighted by molar-refractivity contribution is 6.05. The molecule has 2 saturated carbocycles. The lowest BCUT2D eigenvalue weighted by Gasteiger charge is -2.48. The summed E-state index contributed by atoms with van der Waals surface area (Å²) in [6, 6.07) is 6.81. The first kappa shape index (κ1) is 22.4. The maximum Gasteiger partial charge on any atom is 0.165 e. The first-order valence-electron chi connectivity index (χ1n) is 13.0. The van der Waals surface area contributed by atoms with Gasteiger partial charge in [0.1, 0.15) is 5.75 Å². The minimum absolute atomic E-state index is 0.200. The minimum atomic E-state index is -0.200. The van der Waals surface area contributed by atoms with Gasteiger partial charge in [0, 0.05) is 24.2 Å². The predicted octanol–water partition coefficient (Wildman–Crippen LogP) is 6.50. The first-order valence-corrected chi connectivity index (χ1v) is 13.0. The van der Waals surface area contributed by atoms with Crippen LogP contribution in [0.15, 0.2) is 36.2 Å². The largest absolute Gasteiger partial charge is 0.494 e. The standard InChI is InChI=1S/C29H38N2O2/c1-4-5-6-7-14-33-23-9-11-24-21(16-23)8-10-26-25(24)12-13-29(2)27(26)17-22(28(29)32)15-20-18-30-31(3)19-20/h9,11,15-16,18-19,25-27H,4-8,10,12-14,17H2,1-3H3/b22-15+/t25-,26-,27+,29+/m1/s1. The molecule has 1 aromatic heterocycles. The van der Waals surface area contributed by atoms with Gasteiger partial charge in [-0.25, -0.2) is 0 Å². The van der Waals surface area contributed by atoms with E-state index in [2.05, 4.69) is 43.2 Å². The summed E-state index contributed by atoms with van der Waals surface area (Å²) in [6.45, 7) is 5.30. The van der Waals surface area contributed by atoms with E-state index in [1.165, 1.54) is 36.8 Å². The van der Waals surface area contributed by atoms with Gasteiger partial charge in [-0.1, -0.05) is 39.2 Å². The van der Waals surface area contributed by atoms with Gasteiger partial charge in [-0.05, 0) is 91.2 Å². The molecule has 4 heteroatoms. The number of fused-ring (bicyclic) bond motifs is 5. The third-order valence-corrected chi connectivity index (χ3v) is 8.67. The molecule has 4 nitrogen and oxygen atoms in total. The van der Waals surface area contributed by atoms with Crippen molar-refractivity contribution in [3.05, 3.63) is 52.9 Å². The van der Waals surface area contributed by atoms with Gasteiger partial charge in [-0.15, -0.1) is 0 Å². The maximum atomic E-state index is 13.5.